The molecule has 0 bridgehead atoms. The van der Waals surface area contributed by atoms with E-state index in [1.807, 2.05) is 20.8 Å². The molecule has 1 unspecified atom stereocenters. The highest BCUT2D eigenvalue weighted by Gasteiger charge is 2.28. The van der Waals surface area contributed by atoms with E-state index >= 15 is 0 Å². The van der Waals surface area contributed by atoms with Gasteiger partial charge in [-0.2, -0.15) is 0 Å². The molecule has 0 radical (unpaired) electrons. The second-order valence-corrected chi connectivity index (χ2v) is 4.81. The zero-order valence-electron chi connectivity index (χ0n) is 9.70. The third kappa shape index (κ3) is 5.37. The van der Waals surface area contributed by atoms with E-state index < -0.39 is 18.1 Å². The molecular formula is C10H20N2O3. The maximum Gasteiger partial charge on any atom is 0.305 e. The molecule has 0 aliphatic heterocycles. The Bertz CT molecular complexity index is 244. The van der Waals surface area contributed by atoms with Gasteiger partial charge in [0.15, 0.2) is 0 Å². The normalized spacial score (nSPS) is 15.5. The SMILES string of the molecule is C[C@H](N)C(=O)NC(CC(=O)O)C(C)(C)C. The van der Waals surface area contributed by atoms with E-state index in [1.54, 1.807) is 6.92 Å². The van der Waals surface area contributed by atoms with Gasteiger partial charge in [0.25, 0.3) is 0 Å². The smallest absolute Gasteiger partial charge is 0.305 e. The van der Waals surface area contributed by atoms with E-state index in [1.165, 1.54) is 0 Å². The van der Waals surface area contributed by atoms with Crippen molar-refractivity contribution in [1.82, 2.24) is 5.32 Å². The Hall–Kier alpha value is -1.10. The summed E-state index contributed by atoms with van der Waals surface area (Å²) < 4.78 is 0. The first kappa shape index (κ1) is 13.9. The lowest BCUT2D eigenvalue weighted by Crippen LogP contribution is -2.49. The molecule has 0 fully saturated rings. The van der Waals surface area contributed by atoms with Gasteiger partial charge in [0.05, 0.1) is 12.5 Å². The minimum Gasteiger partial charge on any atom is -0.481 e. The molecule has 0 saturated carbocycles. The van der Waals surface area contributed by atoms with E-state index in [4.69, 9.17) is 10.8 Å². The van der Waals surface area contributed by atoms with Crippen LogP contribution < -0.4 is 11.1 Å². The van der Waals surface area contributed by atoms with Crippen molar-refractivity contribution in [2.24, 2.45) is 11.1 Å². The molecule has 0 heterocycles. The second-order valence-electron chi connectivity index (χ2n) is 4.81. The van der Waals surface area contributed by atoms with Gasteiger partial charge in [-0.15, -0.1) is 0 Å². The molecule has 5 nitrogen and oxygen atoms in total. The van der Waals surface area contributed by atoms with Gasteiger partial charge in [-0.05, 0) is 12.3 Å². The standard InChI is InChI=1S/C10H20N2O3/c1-6(11)9(15)12-7(5-8(13)14)10(2,3)4/h6-7H,5,11H2,1-4H3,(H,12,15)(H,13,14)/t6-,7?/m0/s1. The fourth-order valence-corrected chi connectivity index (χ4v) is 1.05. The third-order valence-electron chi connectivity index (χ3n) is 2.15. The van der Waals surface area contributed by atoms with Crippen LogP contribution in [0.4, 0.5) is 0 Å². The number of aliphatic carboxylic acids is 1. The van der Waals surface area contributed by atoms with Crippen molar-refractivity contribution in [3.8, 4) is 0 Å². The van der Waals surface area contributed by atoms with Crippen LogP contribution in [-0.4, -0.2) is 29.1 Å². The number of nitrogens with one attached hydrogen (secondary N) is 1. The molecule has 0 aromatic carbocycles. The highest BCUT2D eigenvalue weighted by atomic mass is 16.4. The van der Waals surface area contributed by atoms with Gasteiger partial charge in [0.2, 0.25) is 5.91 Å². The Morgan fingerprint density at radius 2 is 1.87 bits per heavy atom. The van der Waals surface area contributed by atoms with E-state index in [9.17, 15) is 9.59 Å². The lowest BCUT2D eigenvalue weighted by molar-refractivity contribution is -0.138. The molecule has 0 spiro atoms. The summed E-state index contributed by atoms with van der Waals surface area (Å²) in [5.41, 5.74) is 5.10. The van der Waals surface area contributed by atoms with Gasteiger partial charge in [0, 0.05) is 6.04 Å². The highest BCUT2D eigenvalue weighted by molar-refractivity contribution is 5.82. The molecule has 1 amide bonds. The van der Waals surface area contributed by atoms with Crippen molar-refractivity contribution in [3.63, 3.8) is 0 Å². The summed E-state index contributed by atoms with van der Waals surface area (Å²) in [6, 6.07) is -1.03. The first-order valence-electron chi connectivity index (χ1n) is 4.92. The van der Waals surface area contributed by atoms with E-state index in [0.29, 0.717) is 0 Å². The van der Waals surface area contributed by atoms with Crippen LogP contribution in [0.1, 0.15) is 34.1 Å². The Morgan fingerprint density at radius 1 is 1.40 bits per heavy atom. The number of nitrogens with two attached hydrogens (primary N) is 1. The number of hydrogen-bond donors (Lipinski definition) is 3. The molecule has 0 aromatic heterocycles. The van der Waals surface area contributed by atoms with Gasteiger partial charge in [-0.3, -0.25) is 9.59 Å². The fourth-order valence-electron chi connectivity index (χ4n) is 1.05. The zero-order chi connectivity index (χ0) is 12.2. The number of rotatable bonds is 4. The van der Waals surface area contributed by atoms with Crippen LogP contribution >= 0.6 is 0 Å². The zero-order valence-corrected chi connectivity index (χ0v) is 9.70. The maximum absolute atomic E-state index is 11.4. The predicted octanol–water partition coefficient (Wildman–Crippen LogP) is 0.339. The van der Waals surface area contributed by atoms with Crippen LogP contribution in [0.15, 0.2) is 0 Å². The molecule has 0 saturated heterocycles. The summed E-state index contributed by atoms with van der Waals surface area (Å²) in [6.45, 7) is 7.20. The van der Waals surface area contributed by atoms with Crippen LogP contribution in [-0.2, 0) is 9.59 Å². The summed E-state index contributed by atoms with van der Waals surface area (Å²) in [6.07, 6.45) is -0.0953. The van der Waals surface area contributed by atoms with Gasteiger partial charge in [0.1, 0.15) is 0 Å². The van der Waals surface area contributed by atoms with Crippen molar-refractivity contribution < 1.29 is 14.7 Å². The number of carbonyl (C=O) groups is 2. The van der Waals surface area contributed by atoms with Gasteiger partial charge in [-0.25, -0.2) is 0 Å². The molecule has 88 valence electrons. The van der Waals surface area contributed by atoms with Crippen LogP contribution in [0.3, 0.4) is 0 Å². The molecule has 0 aromatic rings. The van der Waals surface area contributed by atoms with E-state index in [0.717, 1.165) is 0 Å². The van der Waals surface area contributed by atoms with Crippen molar-refractivity contribution in [2.45, 2.75) is 46.2 Å². The molecule has 0 rings (SSSR count). The van der Waals surface area contributed by atoms with E-state index in [-0.39, 0.29) is 17.7 Å². The van der Waals surface area contributed by atoms with Gasteiger partial charge < -0.3 is 16.2 Å². The predicted molar refractivity (Wildman–Crippen MR) is 57.3 cm³/mol. The van der Waals surface area contributed by atoms with Crippen molar-refractivity contribution in [1.29, 1.82) is 0 Å². The van der Waals surface area contributed by atoms with Crippen LogP contribution in [0.5, 0.6) is 0 Å². The van der Waals surface area contributed by atoms with Crippen LogP contribution in [0, 0.1) is 5.41 Å². The minimum absolute atomic E-state index is 0.0953. The number of carboxylic acids is 1. The first-order valence-corrected chi connectivity index (χ1v) is 4.92. The second kappa shape index (κ2) is 5.11. The summed E-state index contributed by atoms with van der Waals surface area (Å²) in [7, 11) is 0. The molecule has 0 aliphatic carbocycles. The summed E-state index contributed by atoms with van der Waals surface area (Å²) in [4.78, 5) is 22.0. The summed E-state index contributed by atoms with van der Waals surface area (Å²) in [5, 5.41) is 11.4. The van der Waals surface area contributed by atoms with Crippen molar-refractivity contribution >= 4 is 11.9 Å². The minimum atomic E-state index is -0.931. The molecule has 5 heteroatoms. The van der Waals surface area contributed by atoms with Gasteiger partial charge >= 0.3 is 5.97 Å². The third-order valence-corrected chi connectivity index (χ3v) is 2.15. The number of hydrogen-bond acceptors (Lipinski definition) is 3. The summed E-state index contributed by atoms with van der Waals surface area (Å²) >= 11 is 0. The van der Waals surface area contributed by atoms with Crippen molar-refractivity contribution in [2.75, 3.05) is 0 Å². The Labute approximate surface area is 90.0 Å². The lowest BCUT2D eigenvalue weighted by Gasteiger charge is -2.30. The number of carboxylic acid groups (broad SMARTS) is 1. The average molecular weight is 216 g/mol. The Kier molecular flexibility index (Phi) is 4.74. The van der Waals surface area contributed by atoms with Crippen LogP contribution in [0.25, 0.3) is 0 Å². The van der Waals surface area contributed by atoms with E-state index in [2.05, 4.69) is 5.32 Å². The maximum atomic E-state index is 11.4. The first-order chi connectivity index (χ1) is 6.64. The number of carbonyl (C=O) groups excluding carboxylic acids is 1. The monoisotopic (exact) mass is 216 g/mol. The lowest BCUT2D eigenvalue weighted by atomic mass is 9.84. The topological polar surface area (TPSA) is 92.4 Å². The van der Waals surface area contributed by atoms with Crippen molar-refractivity contribution in [3.05, 3.63) is 0 Å². The fraction of sp³-hybridized carbons (Fsp3) is 0.800. The molecule has 2 atom stereocenters. The highest BCUT2D eigenvalue weighted by Crippen LogP contribution is 2.21. The largest absolute Gasteiger partial charge is 0.481 e. The van der Waals surface area contributed by atoms with Crippen LogP contribution in [0.2, 0.25) is 0 Å². The molecular weight excluding hydrogens is 196 g/mol. The average Bonchev–Trinajstić information content (AvgIpc) is 2.00. The van der Waals surface area contributed by atoms with Gasteiger partial charge in [-0.1, -0.05) is 20.8 Å². The molecule has 15 heavy (non-hydrogen) atoms. The Morgan fingerprint density at radius 3 is 2.13 bits per heavy atom. The molecule has 4 N–H and O–H groups in total. The summed E-state index contributed by atoms with van der Waals surface area (Å²) in [5.74, 6) is -1.25. The molecule has 0 aliphatic rings. The quantitative estimate of drug-likeness (QED) is 0.631. The number of amides is 1. The Balaban J connectivity index is 4.52.